The van der Waals surface area contributed by atoms with Gasteiger partial charge in [-0.05, 0) is 18.2 Å². The summed E-state index contributed by atoms with van der Waals surface area (Å²) in [6, 6.07) is 3.96. The van der Waals surface area contributed by atoms with Crippen LogP contribution < -0.4 is 10.6 Å². The molecule has 1 atom stereocenters. The van der Waals surface area contributed by atoms with E-state index in [9.17, 15) is 14.3 Å². The summed E-state index contributed by atoms with van der Waals surface area (Å²) in [6.07, 6.45) is -0.764. The summed E-state index contributed by atoms with van der Waals surface area (Å²) < 4.78 is 13.4. The van der Waals surface area contributed by atoms with Gasteiger partial charge >= 0.3 is 0 Å². The highest BCUT2D eigenvalue weighted by Crippen LogP contribution is 2.16. The van der Waals surface area contributed by atoms with Crippen LogP contribution in [0.1, 0.15) is 10.4 Å². The molecule has 1 rings (SSSR count). The number of nitrogens with one attached hydrogen (secondary N) is 2. The third kappa shape index (κ3) is 3.87. The van der Waals surface area contributed by atoms with Crippen LogP contribution in [0.5, 0.6) is 0 Å². The molecular formula is C11H14ClFN2O2. The maximum atomic E-state index is 13.4. The molecule has 1 amide bonds. The van der Waals surface area contributed by atoms with E-state index >= 15 is 0 Å². The second-order valence-electron chi connectivity index (χ2n) is 3.46. The van der Waals surface area contributed by atoms with Crippen LogP contribution in [0, 0.1) is 5.82 Å². The molecule has 0 aliphatic rings. The number of alkyl halides is 1. The van der Waals surface area contributed by atoms with E-state index < -0.39 is 11.9 Å². The van der Waals surface area contributed by atoms with E-state index in [1.54, 1.807) is 0 Å². The second-order valence-corrected chi connectivity index (χ2v) is 3.77. The first-order valence-electron chi connectivity index (χ1n) is 5.08. The molecule has 0 spiro atoms. The lowest BCUT2D eigenvalue weighted by atomic mass is 10.1. The second kappa shape index (κ2) is 6.42. The van der Waals surface area contributed by atoms with Gasteiger partial charge in [0.25, 0.3) is 5.91 Å². The lowest BCUT2D eigenvalue weighted by molar-refractivity contribution is 0.0963. The first-order chi connectivity index (χ1) is 8.08. The molecule has 6 heteroatoms. The van der Waals surface area contributed by atoms with Gasteiger partial charge in [-0.3, -0.25) is 4.79 Å². The van der Waals surface area contributed by atoms with Gasteiger partial charge in [0.05, 0.1) is 17.7 Å². The average Bonchev–Trinajstić information content (AvgIpc) is 2.36. The van der Waals surface area contributed by atoms with Crippen LogP contribution in [0.4, 0.5) is 10.1 Å². The van der Waals surface area contributed by atoms with Crippen molar-refractivity contribution in [2.45, 2.75) is 6.10 Å². The number of benzene rings is 1. The number of carbonyl (C=O) groups is 1. The molecule has 17 heavy (non-hydrogen) atoms. The molecule has 0 saturated carbocycles. The first kappa shape index (κ1) is 13.7. The fourth-order valence-corrected chi connectivity index (χ4v) is 1.34. The van der Waals surface area contributed by atoms with Crippen LogP contribution >= 0.6 is 11.6 Å². The van der Waals surface area contributed by atoms with Crippen molar-refractivity contribution in [2.75, 3.05) is 24.8 Å². The molecule has 0 bridgehead atoms. The fourth-order valence-electron chi connectivity index (χ4n) is 1.23. The van der Waals surface area contributed by atoms with Gasteiger partial charge in [0, 0.05) is 19.2 Å². The highest BCUT2D eigenvalue weighted by Gasteiger charge is 2.09. The number of halogens is 2. The Kier molecular flexibility index (Phi) is 5.18. The topological polar surface area (TPSA) is 61.4 Å². The van der Waals surface area contributed by atoms with E-state index in [1.807, 2.05) is 0 Å². The summed E-state index contributed by atoms with van der Waals surface area (Å²) in [5.41, 5.74) is 0.507. The van der Waals surface area contributed by atoms with E-state index in [-0.39, 0.29) is 24.0 Å². The molecule has 0 saturated heterocycles. The Morgan fingerprint density at radius 1 is 1.59 bits per heavy atom. The molecule has 1 aromatic carbocycles. The normalized spacial score (nSPS) is 12.0. The smallest absolute Gasteiger partial charge is 0.251 e. The van der Waals surface area contributed by atoms with Crippen molar-refractivity contribution in [1.82, 2.24) is 5.32 Å². The predicted molar refractivity (Wildman–Crippen MR) is 65.0 cm³/mol. The largest absolute Gasteiger partial charge is 0.390 e. The first-order valence-corrected chi connectivity index (χ1v) is 5.61. The molecule has 0 aliphatic heterocycles. The highest BCUT2D eigenvalue weighted by molar-refractivity contribution is 6.18. The van der Waals surface area contributed by atoms with Gasteiger partial charge in [0.2, 0.25) is 0 Å². The molecule has 3 N–H and O–H groups in total. The lowest BCUT2D eigenvalue weighted by Gasteiger charge is -2.11. The van der Waals surface area contributed by atoms with Gasteiger partial charge in [-0.2, -0.15) is 0 Å². The van der Waals surface area contributed by atoms with Crippen molar-refractivity contribution in [3.8, 4) is 0 Å². The zero-order valence-electron chi connectivity index (χ0n) is 9.34. The van der Waals surface area contributed by atoms with Crippen LogP contribution in [-0.2, 0) is 0 Å². The maximum Gasteiger partial charge on any atom is 0.251 e. The minimum Gasteiger partial charge on any atom is -0.390 e. The van der Waals surface area contributed by atoms with E-state index in [2.05, 4.69) is 10.6 Å². The number of hydrogen-bond donors (Lipinski definition) is 3. The number of anilines is 1. The lowest BCUT2D eigenvalue weighted by Crippen LogP contribution is -2.22. The number of carbonyl (C=O) groups excluding carboxylic acids is 1. The summed E-state index contributed by atoms with van der Waals surface area (Å²) in [4.78, 5) is 11.3. The maximum absolute atomic E-state index is 13.4. The van der Waals surface area contributed by atoms with E-state index in [1.165, 1.54) is 25.2 Å². The third-order valence-corrected chi connectivity index (χ3v) is 2.52. The third-order valence-electron chi connectivity index (χ3n) is 2.16. The van der Waals surface area contributed by atoms with Crippen LogP contribution in [0.25, 0.3) is 0 Å². The number of amides is 1. The van der Waals surface area contributed by atoms with Crippen molar-refractivity contribution in [1.29, 1.82) is 0 Å². The summed E-state index contributed by atoms with van der Waals surface area (Å²) in [6.45, 7) is 0.123. The van der Waals surface area contributed by atoms with Crippen molar-refractivity contribution in [2.24, 2.45) is 0 Å². The van der Waals surface area contributed by atoms with Gasteiger partial charge in [0.15, 0.2) is 0 Å². The molecule has 4 nitrogen and oxygen atoms in total. The molecule has 94 valence electrons. The van der Waals surface area contributed by atoms with Gasteiger partial charge < -0.3 is 15.7 Å². The average molecular weight is 261 g/mol. The van der Waals surface area contributed by atoms with Gasteiger partial charge in [-0.1, -0.05) is 0 Å². The standard InChI is InChI=1S/C11H14ClFN2O2/c1-14-11(17)7-2-3-9(13)10(4-7)15-6-8(16)5-12/h2-4,8,15-16H,5-6H2,1H3,(H,14,17). The molecule has 0 aliphatic carbocycles. The summed E-state index contributed by atoms with van der Waals surface area (Å²) in [7, 11) is 1.50. The molecule has 0 radical (unpaired) electrons. The summed E-state index contributed by atoms with van der Waals surface area (Å²) >= 11 is 5.41. The number of aliphatic hydroxyl groups is 1. The minimum absolute atomic E-state index is 0.0593. The molecule has 0 heterocycles. The van der Waals surface area contributed by atoms with Crippen molar-refractivity contribution in [3.63, 3.8) is 0 Å². The quantitative estimate of drug-likeness (QED) is 0.697. The van der Waals surface area contributed by atoms with E-state index in [0.717, 1.165) is 0 Å². The van der Waals surface area contributed by atoms with Crippen LogP contribution in [0.2, 0.25) is 0 Å². The number of hydrogen-bond acceptors (Lipinski definition) is 3. The number of aliphatic hydroxyl groups excluding tert-OH is 1. The fraction of sp³-hybridized carbons (Fsp3) is 0.364. The van der Waals surface area contributed by atoms with E-state index in [4.69, 9.17) is 11.6 Å². The van der Waals surface area contributed by atoms with Crippen LogP contribution in [0.15, 0.2) is 18.2 Å². The zero-order valence-corrected chi connectivity index (χ0v) is 10.1. The predicted octanol–water partition coefficient (Wildman–Crippen LogP) is 1.20. The highest BCUT2D eigenvalue weighted by atomic mass is 35.5. The monoisotopic (exact) mass is 260 g/mol. The summed E-state index contributed by atoms with van der Waals surface area (Å²) in [5, 5.41) is 14.4. The van der Waals surface area contributed by atoms with Crippen molar-refractivity contribution >= 4 is 23.2 Å². The van der Waals surface area contributed by atoms with Crippen LogP contribution in [-0.4, -0.2) is 36.6 Å². The van der Waals surface area contributed by atoms with Gasteiger partial charge in [-0.25, -0.2) is 4.39 Å². The number of rotatable bonds is 5. The Labute approximate surface area is 104 Å². The molecule has 0 fully saturated rings. The zero-order chi connectivity index (χ0) is 12.8. The molecule has 1 aromatic rings. The molecule has 0 aromatic heterocycles. The van der Waals surface area contributed by atoms with Gasteiger partial charge in [-0.15, -0.1) is 11.6 Å². The Hall–Kier alpha value is -1.33. The van der Waals surface area contributed by atoms with Crippen LogP contribution in [0.3, 0.4) is 0 Å². The van der Waals surface area contributed by atoms with Crippen molar-refractivity contribution in [3.05, 3.63) is 29.6 Å². The van der Waals surface area contributed by atoms with Crippen molar-refractivity contribution < 1.29 is 14.3 Å². The molecule has 1 unspecified atom stereocenters. The van der Waals surface area contributed by atoms with E-state index in [0.29, 0.717) is 5.56 Å². The Morgan fingerprint density at radius 3 is 2.88 bits per heavy atom. The SMILES string of the molecule is CNC(=O)c1ccc(F)c(NCC(O)CCl)c1. The Balaban J connectivity index is 2.80. The minimum atomic E-state index is -0.764. The Morgan fingerprint density at radius 2 is 2.29 bits per heavy atom. The summed E-state index contributed by atoms with van der Waals surface area (Å²) in [5.74, 6) is -0.727. The Bertz CT molecular complexity index is 401. The molecular weight excluding hydrogens is 247 g/mol. The van der Waals surface area contributed by atoms with Gasteiger partial charge in [0.1, 0.15) is 5.82 Å².